The number of imidazole rings is 1. The molecule has 0 aliphatic rings. The number of nitrogens with zero attached hydrogens (tertiary/aromatic N) is 4. The van der Waals surface area contributed by atoms with E-state index >= 15 is 0 Å². The van der Waals surface area contributed by atoms with Gasteiger partial charge in [-0.2, -0.15) is 0 Å². The van der Waals surface area contributed by atoms with Crippen molar-refractivity contribution < 1.29 is 0 Å². The first kappa shape index (κ1) is 14.8. The Labute approximate surface area is 136 Å². The Bertz CT molecular complexity index is 778. The number of aromatic nitrogens is 4. The third kappa shape index (κ3) is 2.43. The van der Waals surface area contributed by atoms with Crippen LogP contribution in [0.5, 0.6) is 0 Å². The van der Waals surface area contributed by atoms with Crippen molar-refractivity contribution in [2.24, 2.45) is 0 Å². The zero-order chi connectivity index (χ0) is 15.2. The van der Waals surface area contributed by atoms with Crippen LogP contribution in [0.2, 0.25) is 5.02 Å². The van der Waals surface area contributed by atoms with Crippen LogP contribution >= 0.6 is 34.5 Å². The summed E-state index contributed by atoms with van der Waals surface area (Å²) in [5, 5.41) is 3.27. The largest absolute Gasteiger partial charge is 0.299 e. The molecule has 0 bridgehead atoms. The highest BCUT2D eigenvalue weighted by Gasteiger charge is 2.32. The second-order valence-corrected chi connectivity index (χ2v) is 7.30. The molecule has 0 radical (unpaired) electrons. The summed E-state index contributed by atoms with van der Waals surface area (Å²) in [5.41, 5.74) is 1.12. The molecule has 0 saturated heterocycles. The topological polar surface area (TPSA) is 43.6 Å². The third-order valence-electron chi connectivity index (χ3n) is 3.36. The molecule has 0 N–H and O–H groups in total. The highest BCUT2D eigenvalue weighted by Crippen LogP contribution is 2.35. The quantitative estimate of drug-likeness (QED) is 0.653. The van der Waals surface area contributed by atoms with Crippen molar-refractivity contribution in [1.29, 1.82) is 0 Å². The van der Waals surface area contributed by atoms with E-state index in [4.69, 9.17) is 23.2 Å². The fraction of sp³-hybridized carbons (Fsp3) is 0.357. The van der Waals surface area contributed by atoms with Crippen molar-refractivity contribution in [3.63, 3.8) is 0 Å². The average Bonchev–Trinajstić information content (AvgIpc) is 3.05. The summed E-state index contributed by atoms with van der Waals surface area (Å²) >= 11 is 13.9. The zero-order valence-electron chi connectivity index (χ0n) is 11.8. The molecule has 7 heteroatoms. The van der Waals surface area contributed by atoms with E-state index in [1.54, 1.807) is 29.8 Å². The van der Waals surface area contributed by atoms with Crippen LogP contribution in [0.1, 0.15) is 37.0 Å². The van der Waals surface area contributed by atoms with Crippen LogP contribution in [-0.2, 0) is 5.54 Å². The Balaban J connectivity index is 2.32. The minimum absolute atomic E-state index is 0.239. The van der Waals surface area contributed by atoms with Gasteiger partial charge in [-0.25, -0.2) is 15.0 Å². The molecule has 3 aromatic heterocycles. The molecule has 0 aliphatic heterocycles. The van der Waals surface area contributed by atoms with Crippen molar-refractivity contribution in [3.8, 4) is 0 Å². The maximum Gasteiger partial charge on any atom is 0.161 e. The molecular weight excluding hydrogens is 327 g/mol. The number of alkyl halides is 1. The van der Waals surface area contributed by atoms with E-state index in [0.29, 0.717) is 5.02 Å². The number of pyridine rings is 1. The Morgan fingerprint density at radius 1 is 1.33 bits per heavy atom. The molecule has 0 spiro atoms. The number of hydrogen-bond donors (Lipinski definition) is 0. The molecule has 1 atom stereocenters. The summed E-state index contributed by atoms with van der Waals surface area (Å²) in [5.74, 6) is 0.765. The minimum atomic E-state index is -0.387. The first-order chi connectivity index (χ1) is 9.91. The molecule has 0 saturated carbocycles. The molecule has 4 nitrogen and oxygen atoms in total. The highest BCUT2D eigenvalue weighted by molar-refractivity contribution is 7.09. The van der Waals surface area contributed by atoms with Gasteiger partial charge in [-0.15, -0.1) is 22.9 Å². The number of rotatable bonds is 3. The van der Waals surface area contributed by atoms with Gasteiger partial charge in [0.15, 0.2) is 5.65 Å². The van der Waals surface area contributed by atoms with Crippen LogP contribution in [-0.4, -0.2) is 19.5 Å². The van der Waals surface area contributed by atoms with Gasteiger partial charge in [-0.1, -0.05) is 11.6 Å². The minimum Gasteiger partial charge on any atom is -0.299 e. The highest BCUT2D eigenvalue weighted by atomic mass is 35.5. The summed E-state index contributed by atoms with van der Waals surface area (Å²) in [4.78, 5) is 13.5. The van der Waals surface area contributed by atoms with Crippen molar-refractivity contribution in [2.45, 2.75) is 31.7 Å². The molecule has 1 unspecified atom stereocenters. The second-order valence-electron chi connectivity index (χ2n) is 5.31. The molecule has 3 rings (SSSR count). The lowest BCUT2D eigenvalue weighted by molar-refractivity contribution is 0.427. The van der Waals surface area contributed by atoms with Gasteiger partial charge in [0, 0.05) is 17.8 Å². The van der Waals surface area contributed by atoms with Crippen LogP contribution in [0.3, 0.4) is 0 Å². The molecule has 0 aromatic carbocycles. The van der Waals surface area contributed by atoms with Crippen LogP contribution in [0, 0.1) is 0 Å². The van der Waals surface area contributed by atoms with Gasteiger partial charge in [0.1, 0.15) is 16.3 Å². The normalized spacial score (nSPS) is 13.8. The Morgan fingerprint density at radius 3 is 2.71 bits per heavy atom. The van der Waals surface area contributed by atoms with Crippen LogP contribution < -0.4 is 0 Å². The fourth-order valence-corrected chi connectivity index (χ4v) is 3.45. The Hall–Kier alpha value is -1.17. The van der Waals surface area contributed by atoms with E-state index in [9.17, 15) is 0 Å². The Morgan fingerprint density at radius 2 is 2.10 bits per heavy atom. The van der Waals surface area contributed by atoms with Gasteiger partial charge in [0.2, 0.25) is 0 Å². The summed E-state index contributed by atoms with van der Waals surface area (Å²) in [6.45, 7) is 6.08. The number of thiazole rings is 1. The van der Waals surface area contributed by atoms with Gasteiger partial charge < -0.3 is 0 Å². The van der Waals surface area contributed by atoms with E-state index in [1.165, 1.54) is 0 Å². The van der Waals surface area contributed by atoms with E-state index in [-0.39, 0.29) is 10.9 Å². The van der Waals surface area contributed by atoms with Crippen molar-refractivity contribution in [1.82, 2.24) is 19.5 Å². The molecule has 3 heterocycles. The standard InChI is InChI=1S/C14H14Cl2N4S/c1-8(15)11-19-10-6-9(16)7-18-12(10)20(11)14(2,3)13-17-4-5-21-13/h4-8H,1-3H3. The first-order valence-corrected chi connectivity index (χ1v) is 8.19. The zero-order valence-corrected chi connectivity index (χ0v) is 14.2. The van der Waals surface area contributed by atoms with Crippen LogP contribution in [0.4, 0.5) is 0 Å². The second kappa shape index (κ2) is 5.23. The number of hydrogen-bond acceptors (Lipinski definition) is 4. The van der Waals surface area contributed by atoms with Crippen molar-refractivity contribution >= 4 is 45.7 Å². The van der Waals surface area contributed by atoms with Crippen molar-refractivity contribution in [3.05, 3.63) is 39.7 Å². The fourth-order valence-electron chi connectivity index (χ4n) is 2.40. The first-order valence-electron chi connectivity index (χ1n) is 6.49. The smallest absolute Gasteiger partial charge is 0.161 e. The van der Waals surface area contributed by atoms with Crippen LogP contribution in [0.15, 0.2) is 23.8 Å². The van der Waals surface area contributed by atoms with Gasteiger partial charge in [-0.05, 0) is 26.8 Å². The van der Waals surface area contributed by atoms with Gasteiger partial charge in [0.05, 0.1) is 15.9 Å². The maximum atomic E-state index is 6.33. The third-order valence-corrected chi connectivity index (χ3v) is 4.85. The van der Waals surface area contributed by atoms with Crippen molar-refractivity contribution in [2.75, 3.05) is 0 Å². The summed E-state index contributed by atoms with van der Waals surface area (Å²) in [6, 6.07) is 1.81. The molecule has 110 valence electrons. The molecule has 3 aromatic rings. The predicted molar refractivity (Wildman–Crippen MR) is 87.3 cm³/mol. The molecule has 0 amide bonds. The average molecular weight is 341 g/mol. The number of halogens is 2. The number of fused-ring (bicyclic) bond motifs is 1. The van der Waals surface area contributed by atoms with Gasteiger partial charge in [0.25, 0.3) is 0 Å². The van der Waals surface area contributed by atoms with E-state index < -0.39 is 0 Å². The Kier molecular flexibility index (Phi) is 3.67. The van der Waals surface area contributed by atoms with E-state index in [1.807, 2.05) is 12.3 Å². The molecule has 0 fully saturated rings. The molecular formula is C14H14Cl2N4S. The van der Waals surface area contributed by atoms with E-state index in [0.717, 1.165) is 22.0 Å². The maximum absolute atomic E-state index is 6.33. The lowest BCUT2D eigenvalue weighted by Gasteiger charge is -2.27. The SMILES string of the molecule is CC(Cl)c1nc2cc(Cl)cnc2n1C(C)(C)c1nccs1. The molecule has 0 aliphatic carbocycles. The van der Waals surface area contributed by atoms with Gasteiger partial charge in [-0.3, -0.25) is 4.57 Å². The molecule has 21 heavy (non-hydrogen) atoms. The lowest BCUT2D eigenvalue weighted by Crippen LogP contribution is -2.29. The van der Waals surface area contributed by atoms with Gasteiger partial charge >= 0.3 is 0 Å². The lowest BCUT2D eigenvalue weighted by atomic mass is 10.1. The summed E-state index contributed by atoms with van der Waals surface area (Å²) < 4.78 is 2.05. The van der Waals surface area contributed by atoms with E-state index in [2.05, 4.69) is 33.4 Å². The summed E-state index contributed by atoms with van der Waals surface area (Å²) in [6.07, 6.45) is 3.43. The summed E-state index contributed by atoms with van der Waals surface area (Å²) in [7, 11) is 0. The van der Waals surface area contributed by atoms with Crippen LogP contribution in [0.25, 0.3) is 11.2 Å². The monoisotopic (exact) mass is 340 g/mol. The predicted octanol–water partition coefficient (Wildman–Crippen LogP) is 4.62.